The molecule has 2 aromatic heterocycles. The van der Waals surface area contributed by atoms with E-state index in [1.54, 1.807) is 19.9 Å². The molecule has 0 amide bonds. The summed E-state index contributed by atoms with van der Waals surface area (Å²) in [7, 11) is -2.29. The number of hydrogen-bond donors (Lipinski definition) is 1. The summed E-state index contributed by atoms with van der Waals surface area (Å²) in [5, 5.41) is 0. The topological polar surface area (TPSA) is 113 Å². The zero-order chi connectivity index (χ0) is 21.2. The van der Waals surface area contributed by atoms with Crippen LogP contribution in [0.5, 0.6) is 0 Å². The van der Waals surface area contributed by atoms with Crippen molar-refractivity contribution in [3.05, 3.63) is 47.0 Å². The van der Waals surface area contributed by atoms with Crippen molar-refractivity contribution >= 4 is 21.8 Å². The number of nitrogens with one attached hydrogen (secondary N) is 1. The van der Waals surface area contributed by atoms with Gasteiger partial charge in [0.25, 0.3) is 0 Å². The molecule has 2 aromatic rings. The van der Waals surface area contributed by atoms with Crippen LogP contribution in [0.15, 0.2) is 29.4 Å². The molecule has 0 aliphatic carbocycles. The fourth-order valence-corrected chi connectivity index (χ4v) is 4.88. The monoisotopic (exact) mass is 420 g/mol. The van der Waals surface area contributed by atoms with Gasteiger partial charge in [-0.15, -0.1) is 0 Å². The number of aryl methyl sites for hydroxylation is 1. The Morgan fingerprint density at radius 1 is 1.21 bits per heavy atom. The molecular formula is C19H24N4O5S. The minimum Gasteiger partial charge on any atom is -0.465 e. The van der Waals surface area contributed by atoms with Crippen molar-refractivity contribution in [2.75, 3.05) is 39.8 Å². The molecule has 0 unspecified atom stereocenters. The number of piperazine rings is 1. The molecule has 0 saturated carbocycles. The van der Waals surface area contributed by atoms with Gasteiger partial charge in [-0.05, 0) is 31.5 Å². The lowest BCUT2D eigenvalue weighted by molar-refractivity contribution is 0.0599. The normalized spacial score (nSPS) is 16.0. The third-order valence-electron chi connectivity index (χ3n) is 5.08. The summed E-state index contributed by atoms with van der Waals surface area (Å²) in [4.78, 5) is 33.6. The third kappa shape index (κ3) is 4.24. The number of Topliss-reactive ketones (excluding diaryl/α,β-unsaturated/α-hetero) is 1. The maximum absolute atomic E-state index is 12.7. The van der Waals surface area contributed by atoms with Crippen molar-refractivity contribution in [3.8, 4) is 0 Å². The van der Waals surface area contributed by atoms with E-state index in [9.17, 15) is 18.0 Å². The summed E-state index contributed by atoms with van der Waals surface area (Å²) >= 11 is 0. The molecule has 1 aliphatic heterocycles. The lowest BCUT2D eigenvalue weighted by Gasteiger charge is -2.33. The number of aromatic nitrogens is 2. The first kappa shape index (κ1) is 21.2. The van der Waals surface area contributed by atoms with Crippen molar-refractivity contribution in [2.24, 2.45) is 0 Å². The van der Waals surface area contributed by atoms with Crippen molar-refractivity contribution in [1.29, 1.82) is 0 Å². The van der Waals surface area contributed by atoms with Gasteiger partial charge in [0.05, 0.1) is 24.9 Å². The molecule has 1 N–H and O–H groups in total. The number of ether oxygens (including phenoxy) is 1. The number of methoxy groups -OCH3 is 1. The molecule has 3 rings (SSSR count). The van der Waals surface area contributed by atoms with E-state index in [2.05, 4.69) is 9.97 Å². The molecule has 156 valence electrons. The van der Waals surface area contributed by atoms with Gasteiger partial charge >= 0.3 is 5.97 Å². The van der Waals surface area contributed by atoms with Crippen molar-refractivity contribution in [3.63, 3.8) is 0 Å². The average Bonchev–Trinajstić information content (AvgIpc) is 3.02. The standard InChI is InChI=1S/C19H24N4O5S/c1-13-17(19(25)28-3)14(2)21-18(13)16(24)12-22-7-9-23(10-8-22)29(26,27)15-5-4-6-20-11-15/h4-6,11,21H,7-10,12H2,1-3H3. The first-order chi connectivity index (χ1) is 13.8. The zero-order valence-electron chi connectivity index (χ0n) is 16.6. The fourth-order valence-electron chi connectivity index (χ4n) is 3.50. The Hall–Kier alpha value is -2.56. The highest BCUT2D eigenvalue weighted by molar-refractivity contribution is 7.89. The molecule has 9 nitrogen and oxygen atoms in total. The number of sulfonamides is 1. The number of aromatic amines is 1. The van der Waals surface area contributed by atoms with Crippen molar-refractivity contribution < 1.29 is 22.7 Å². The average molecular weight is 420 g/mol. The zero-order valence-corrected chi connectivity index (χ0v) is 17.5. The minimum atomic E-state index is -3.59. The highest BCUT2D eigenvalue weighted by atomic mass is 32.2. The molecular weight excluding hydrogens is 396 g/mol. The SMILES string of the molecule is COC(=O)c1c(C)[nH]c(C(=O)CN2CCN(S(=O)(=O)c3cccnc3)CC2)c1C. The van der Waals surface area contributed by atoms with Crippen LogP contribution in [0, 0.1) is 13.8 Å². The van der Waals surface area contributed by atoms with E-state index in [1.165, 1.54) is 29.9 Å². The van der Waals surface area contributed by atoms with Crippen LogP contribution in [0.2, 0.25) is 0 Å². The minimum absolute atomic E-state index is 0.141. The molecule has 10 heteroatoms. The number of nitrogens with zero attached hydrogens (tertiary/aromatic N) is 3. The summed E-state index contributed by atoms with van der Waals surface area (Å²) < 4.78 is 31.5. The van der Waals surface area contributed by atoms with E-state index in [0.29, 0.717) is 48.7 Å². The van der Waals surface area contributed by atoms with Gasteiger partial charge in [-0.25, -0.2) is 13.2 Å². The van der Waals surface area contributed by atoms with E-state index >= 15 is 0 Å². The Bertz CT molecular complexity index is 1010. The molecule has 0 bridgehead atoms. The van der Waals surface area contributed by atoms with Crippen LogP contribution < -0.4 is 0 Å². The Kier molecular flexibility index (Phi) is 6.15. The number of esters is 1. The van der Waals surface area contributed by atoms with Crippen molar-refractivity contribution in [2.45, 2.75) is 18.7 Å². The third-order valence-corrected chi connectivity index (χ3v) is 6.96. The van der Waals surface area contributed by atoms with Crippen LogP contribution in [0.3, 0.4) is 0 Å². The second kappa shape index (κ2) is 8.44. The summed E-state index contributed by atoms with van der Waals surface area (Å²) in [6, 6.07) is 3.11. The number of carbonyl (C=O) groups excluding carboxylic acids is 2. The summed E-state index contributed by atoms with van der Waals surface area (Å²) in [6.45, 7) is 5.03. The van der Waals surface area contributed by atoms with Gasteiger partial charge in [-0.2, -0.15) is 4.31 Å². The Morgan fingerprint density at radius 3 is 2.48 bits per heavy atom. The first-order valence-electron chi connectivity index (χ1n) is 9.19. The number of rotatable bonds is 6. The van der Waals surface area contributed by atoms with E-state index in [1.807, 2.05) is 4.90 Å². The molecule has 0 aromatic carbocycles. The second-order valence-electron chi connectivity index (χ2n) is 6.91. The summed E-state index contributed by atoms with van der Waals surface area (Å²) in [5.74, 6) is -0.631. The van der Waals surface area contributed by atoms with Crippen LogP contribution in [0.25, 0.3) is 0 Å². The summed E-state index contributed by atoms with van der Waals surface area (Å²) in [5.41, 5.74) is 1.92. The van der Waals surface area contributed by atoms with E-state index in [4.69, 9.17) is 4.74 Å². The van der Waals surface area contributed by atoms with Crippen LogP contribution >= 0.6 is 0 Å². The van der Waals surface area contributed by atoms with Gasteiger partial charge in [0, 0.05) is 44.3 Å². The van der Waals surface area contributed by atoms with Gasteiger partial charge in [-0.3, -0.25) is 14.7 Å². The smallest absolute Gasteiger partial charge is 0.339 e. The Morgan fingerprint density at radius 2 is 1.90 bits per heavy atom. The maximum atomic E-state index is 12.7. The molecule has 1 fully saturated rings. The molecule has 0 radical (unpaired) electrons. The predicted molar refractivity (Wildman–Crippen MR) is 105 cm³/mol. The maximum Gasteiger partial charge on any atom is 0.339 e. The largest absolute Gasteiger partial charge is 0.465 e. The van der Waals surface area contributed by atoms with Gasteiger partial charge in [0.2, 0.25) is 10.0 Å². The van der Waals surface area contributed by atoms with Crippen molar-refractivity contribution in [1.82, 2.24) is 19.2 Å². The molecule has 29 heavy (non-hydrogen) atoms. The van der Waals surface area contributed by atoms with Gasteiger partial charge in [0.1, 0.15) is 4.90 Å². The fraction of sp³-hybridized carbons (Fsp3) is 0.421. The highest BCUT2D eigenvalue weighted by Gasteiger charge is 2.30. The van der Waals surface area contributed by atoms with E-state index < -0.39 is 16.0 Å². The number of carbonyl (C=O) groups is 2. The van der Waals surface area contributed by atoms with Crippen LogP contribution in [-0.4, -0.2) is 79.2 Å². The molecule has 0 atom stereocenters. The van der Waals surface area contributed by atoms with Crippen LogP contribution in [0.4, 0.5) is 0 Å². The number of pyridine rings is 1. The van der Waals surface area contributed by atoms with E-state index in [0.717, 1.165) is 0 Å². The van der Waals surface area contributed by atoms with Crippen LogP contribution in [0.1, 0.15) is 32.1 Å². The predicted octanol–water partition coefficient (Wildman–Crippen LogP) is 1.00. The number of hydrogen-bond acceptors (Lipinski definition) is 7. The summed E-state index contributed by atoms with van der Waals surface area (Å²) in [6.07, 6.45) is 2.86. The molecule has 1 aliphatic rings. The lowest BCUT2D eigenvalue weighted by atomic mass is 10.1. The molecule has 3 heterocycles. The number of ketones is 1. The molecule has 0 spiro atoms. The molecule has 1 saturated heterocycles. The number of H-pyrrole nitrogens is 1. The van der Waals surface area contributed by atoms with Crippen LogP contribution in [-0.2, 0) is 14.8 Å². The quantitative estimate of drug-likeness (QED) is 0.548. The second-order valence-corrected chi connectivity index (χ2v) is 8.85. The Labute approximate surface area is 169 Å². The van der Waals surface area contributed by atoms with E-state index in [-0.39, 0.29) is 17.2 Å². The van der Waals surface area contributed by atoms with Gasteiger partial charge < -0.3 is 9.72 Å². The first-order valence-corrected chi connectivity index (χ1v) is 10.6. The van der Waals surface area contributed by atoms with Gasteiger partial charge in [0.15, 0.2) is 5.78 Å². The van der Waals surface area contributed by atoms with Gasteiger partial charge in [-0.1, -0.05) is 0 Å². The highest BCUT2D eigenvalue weighted by Crippen LogP contribution is 2.20. The Balaban J connectivity index is 1.64. The lowest BCUT2D eigenvalue weighted by Crippen LogP contribution is -2.49.